The number of hydrogen-bond donors (Lipinski definition) is 1. The van der Waals surface area contributed by atoms with E-state index in [4.69, 9.17) is 0 Å². The lowest BCUT2D eigenvalue weighted by atomic mass is 10.1. The number of thiazole rings is 1. The van der Waals surface area contributed by atoms with Crippen LogP contribution in [0.25, 0.3) is 11.3 Å². The molecule has 0 saturated heterocycles. The molecule has 0 bridgehead atoms. The van der Waals surface area contributed by atoms with Gasteiger partial charge in [0.2, 0.25) is 5.13 Å². The van der Waals surface area contributed by atoms with E-state index in [9.17, 15) is 4.79 Å². The SMILES string of the molecule is O=C1Nc2ccc(Br)cc2/C1=N/c1nc(-c2ccc(Br)cc2)cs1. The van der Waals surface area contributed by atoms with E-state index in [2.05, 4.69) is 47.2 Å². The molecule has 2 aromatic carbocycles. The second-order valence-corrected chi connectivity index (χ2v) is 7.79. The Hall–Kier alpha value is -1.83. The quantitative estimate of drug-likeness (QED) is 0.553. The number of rotatable bonds is 2. The molecule has 118 valence electrons. The van der Waals surface area contributed by atoms with Crippen LogP contribution in [0.15, 0.2) is 61.8 Å². The van der Waals surface area contributed by atoms with Gasteiger partial charge in [-0.15, -0.1) is 11.3 Å². The summed E-state index contributed by atoms with van der Waals surface area (Å²) in [5.74, 6) is -0.205. The van der Waals surface area contributed by atoms with Gasteiger partial charge in [0.25, 0.3) is 5.91 Å². The van der Waals surface area contributed by atoms with Crippen LogP contribution in [0, 0.1) is 0 Å². The number of carbonyl (C=O) groups is 1. The lowest BCUT2D eigenvalue weighted by Gasteiger charge is -1.98. The van der Waals surface area contributed by atoms with Gasteiger partial charge in [-0.1, -0.05) is 44.0 Å². The molecule has 4 rings (SSSR count). The van der Waals surface area contributed by atoms with E-state index in [1.165, 1.54) is 11.3 Å². The molecule has 0 spiro atoms. The molecule has 4 nitrogen and oxygen atoms in total. The van der Waals surface area contributed by atoms with Crippen LogP contribution in [-0.4, -0.2) is 16.6 Å². The molecular formula is C17H9Br2N3OS. The Bertz CT molecular complexity index is 980. The molecule has 0 saturated carbocycles. The summed E-state index contributed by atoms with van der Waals surface area (Å²) in [7, 11) is 0. The standard InChI is InChI=1S/C17H9Br2N3OS/c18-10-3-1-9(2-4-10)14-8-24-17(21-14)22-15-12-7-11(19)5-6-13(12)20-16(15)23/h1-8H,(H,20,21,22,23). The van der Waals surface area contributed by atoms with Gasteiger partial charge >= 0.3 is 0 Å². The van der Waals surface area contributed by atoms with Crippen LogP contribution in [0.3, 0.4) is 0 Å². The van der Waals surface area contributed by atoms with Crippen molar-refractivity contribution in [2.75, 3.05) is 5.32 Å². The van der Waals surface area contributed by atoms with E-state index in [1.54, 1.807) is 0 Å². The minimum absolute atomic E-state index is 0.205. The number of fused-ring (bicyclic) bond motifs is 1. The predicted molar refractivity (Wildman–Crippen MR) is 104 cm³/mol. The average Bonchev–Trinajstić information content (AvgIpc) is 3.14. The van der Waals surface area contributed by atoms with Gasteiger partial charge in [0, 0.05) is 25.5 Å². The Morgan fingerprint density at radius 1 is 1.04 bits per heavy atom. The third-order valence-corrected chi connectivity index (χ3v) is 5.30. The topological polar surface area (TPSA) is 54.4 Å². The van der Waals surface area contributed by atoms with Crippen molar-refractivity contribution < 1.29 is 4.79 Å². The first-order chi connectivity index (χ1) is 11.6. The molecular weight excluding hydrogens is 454 g/mol. The number of halogens is 2. The number of benzene rings is 2. The lowest BCUT2D eigenvalue weighted by molar-refractivity contribution is -0.110. The molecule has 1 aromatic heterocycles. The number of nitrogens with zero attached hydrogens (tertiary/aromatic N) is 2. The lowest BCUT2D eigenvalue weighted by Crippen LogP contribution is -2.13. The maximum absolute atomic E-state index is 12.2. The summed E-state index contributed by atoms with van der Waals surface area (Å²) in [6, 6.07) is 13.5. The number of carbonyl (C=O) groups excluding carboxylic acids is 1. The molecule has 2 heterocycles. The van der Waals surface area contributed by atoms with Crippen molar-refractivity contribution in [2.24, 2.45) is 4.99 Å². The fourth-order valence-electron chi connectivity index (χ4n) is 2.40. The maximum Gasteiger partial charge on any atom is 0.275 e. The smallest absolute Gasteiger partial charge is 0.275 e. The zero-order valence-corrected chi connectivity index (χ0v) is 16.1. The van der Waals surface area contributed by atoms with Crippen LogP contribution in [0.1, 0.15) is 5.56 Å². The molecule has 1 aliphatic heterocycles. The Morgan fingerprint density at radius 3 is 2.58 bits per heavy atom. The van der Waals surface area contributed by atoms with E-state index in [-0.39, 0.29) is 5.91 Å². The number of aromatic nitrogens is 1. The van der Waals surface area contributed by atoms with Crippen LogP contribution in [-0.2, 0) is 4.79 Å². The summed E-state index contributed by atoms with van der Waals surface area (Å²) in [6.07, 6.45) is 0. The first kappa shape index (κ1) is 15.7. The molecule has 3 aromatic rings. The van der Waals surface area contributed by atoms with E-state index in [0.29, 0.717) is 10.8 Å². The van der Waals surface area contributed by atoms with E-state index >= 15 is 0 Å². The highest BCUT2D eigenvalue weighted by Gasteiger charge is 2.26. The summed E-state index contributed by atoms with van der Waals surface area (Å²) in [5, 5.41) is 5.32. The fraction of sp³-hybridized carbons (Fsp3) is 0. The van der Waals surface area contributed by atoms with Crippen LogP contribution < -0.4 is 5.32 Å². The first-order valence-electron chi connectivity index (χ1n) is 7.01. The summed E-state index contributed by atoms with van der Waals surface area (Å²) < 4.78 is 1.92. The second-order valence-electron chi connectivity index (χ2n) is 5.13. The molecule has 0 unspecified atom stereocenters. The van der Waals surface area contributed by atoms with Gasteiger partial charge in [0.05, 0.1) is 11.4 Å². The third-order valence-electron chi connectivity index (χ3n) is 3.54. The number of aliphatic imine (C=N–C) groups is 1. The van der Waals surface area contributed by atoms with Gasteiger partial charge in [0.15, 0.2) is 0 Å². The Balaban J connectivity index is 1.71. The van der Waals surface area contributed by atoms with Gasteiger partial charge in [-0.2, -0.15) is 0 Å². The number of nitrogens with one attached hydrogen (secondary N) is 1. The van der Waals surface area contributed by atoms with Crippen LogP contribution in [0.2, 0.25) is 0 Å². The number of amides is 1. The minimum atomic E-state index is -0.205. The van der Waals surface area contributed by atoms with Crippen molar-refractivity contribution in [3.05, 3.63) is 62.4 Å². The molecule has 1 aliphatic rings. The Kier molecular flexibility index (Phi) is 4.07. The molecule has 1 amide bonds. The van der Waals surface area contributed by atoms with Crippen molar-refractivity contribution >= 4 is 65.6 Å². The molecule has 0 fully saturated rings. The maximum atomic E-state index is 12.2. The van der Waals surface area contributed by atoms with Crippen molar-refractivity contribution in [1.82, 2.24) is 4.98 Å². The summed E-state index contributed by atoms with van der Waals surface area (Å²) in [4.78, 5) is 21.2. The molecule has 0 atom stereocenters. The molecule has 0 aliphatic carbocycles. The number of hydrogen-bond acceptors (Lipinski definition) is 4. The van der Waals surface area contributed by atoms with Crippen LogP contribution in [0.5, 0.6) is 0 Å². The average molecular weight is 463 g/mol. The van der Waals surface area contributed by atoms with E-state index < -0.39 is 0 Å². The summed E-state index contributed by atoms with van der Waals surface area (Å²) in [6.45, 7) is 0. The zero-order chi connectivity index (χ0) is 16.7. The monoisotopic (exact) mass is 461 g/mol. The van der Waals surface area contributed by atoms with Crippen LogP contribution in [0.4, 0.5) is 10.8 Å². The summed E-state index contributed by atoms with van der Waals surface area (Å²) in [5.41, 5.74) is 3.81. The normalized spacial score (nSPS) is 14.8. The van der Waals surface area contributed by atoms with Crippen molar-refractivity contribution in [1.29, 1.82) is 0 Å². The molecule has 0 radical (unpaired) electrons. The van der Waals surface area contributed by atoms with Gasteiger partial charge in [0.1, 0.15) is 5.71 Å². The van der Waals surface area contributed by atoms with Crippen molar-refractivity contribution in [2.45, 2.75) is 0 Å². The highest BCUT2D eigenvalue weighted by Crippen LogP contribution is 2.31. The predicted octanol–water partition coefficient (Wildman–Crippen LogP) is 5.41. The van der Waals surface area contributed by atoms with Gasteiger partial charge in [-0.05, 0) is 30.3 Å². The largest absolute Gasteiger partial charge is 0.320 e. The number of anilines is 1. The van der Waals surface area contributed by atoms with Crippen molar-refractivity contribution in [3.63, 3.8) is 0 Å². The Morgan fingerprint density at radius 2 is 1.79 bits per heavy atom. The highest BCUT2D eigenvalue weighted by atomic mass is 79.9. The van der Waals surface area contributed by atoms with Gasteiger partial charge < -0.3 is 5.32 Å². The van der Waals surface area contributed by atoms with Gasteiger partial charge in [-0.3, -0.25) is 4.79 Å². The fourth-order valence-corrected chi connectivity index (χ4v) is 3.73. The van der Waals surface area contributed by atoms with Gasteiger partial charge in [-0.25, -0.2) is 9.98 Å². The molecule has 1 N–H and O–H groups in total. The Labute approximate surface area is 158 Å². The molecule has 24 heavy (non-hydrogen) atoms. The molecule has 7 heteroatoms. The minimum Gasteiger partial charge on any atom is -0.320 e. The highest BCUT2D eigenvalue weighted by molar-refractivity contribution is 9.10. The van der Waals surface area contributed by atoms with Crippen LogP contribution >= 0.6 is 43.2 Å². The van der Waals surface area contributed by atoms with E-state index in [1.807, 2.05) is 47.8 Å². The zero-order valence-electron chi connectivity index (χ0n) is 12.1. The summed E-state index contributed by atoms with van der Waals surface area (Å²) >= 11 is 8.26. The first-order valence-corrected chi connectivity index (χ1v) is 9.48. The van der Waals surface area contributed by atoms with Crippen molar-refractivity contribution in [3.8, 4) is 11.3 Å². The third kappa shape index (κ3) is 2.94. The van der Waals surface area contributed by atoms with E-state index in [0.717, 1.165) is 31.5 Å². The second kappa shape index (κ2) is 6.23.